The van der Waals surface area contributed by atoms with E-state index in [0.717, 1.165) is 16.0 Å². The molecule has 2 heterocycles. The molecule has 0 bridgehead atoms. The number of carbonyl (C=O) groups excluding carboxylic acids is 2. The Balaban J connectivity index is 1.81. The van der Waals surface area contributed by atoms with Gasteiger partial charge in [0.05, 0.1) is 0 Å². The van der Waals surface area contributed by atoms with Crippen LogP contribution in [-0.2, 0) is 9.59 Å². The molecule has 3 rings (SSSR count). The van der Waals surface area contributed by atoms with Crippen molar-refractivity contribution in [3.05, 3.63) is 51.6 Å². The van der Waals surface area contributed by atoms with Gasteiger partial charge in [-0.15, -0.1) is 0 Å². The van der Waals surface area contributed by atoms with Gasteiger partial charge in [-0.3, -0.25) is 14.5 Å². The van der Waals surface area contributed by atoms with Gasteiger partial charge in [0.1, 0.15) is 6.54 Å². The molecular weight excluding hydrogens is 340 g/mol. The van der Waals surface area contributed by atoms with Crippen LogP contribution < -0.4 is 15.0 Å². The number of aromatic nitrogens is 1. The normalized spacial score (nSPS) is 13.0. The summed E-state index contributed by atoms with van der Waals surface area (Å²) in [5.74, 6) is -1.19. The largest absolute Gasteiger partial charge is 0.477 e. The molecule has 26 heavy (non-hydrogen) atoms. The first-order chi connectivity index (χ1) is 12.3. The molecule has 2 amide bonds. The number of anilines is 2. The molecule has 0 aliphatic carbocycles. The van der Waals surface area contributed by atoms with Crippen LogP contribution in [0.15, 0.2) is 30.3 Å². The van der Waals surface area contributed by atoms with Crippen LogP contribution in [0.3, 0.4) is 0 Å². The highest BCUT2D eigenvalue weighted by Gasteiger charge is 2.33. The Bertz CT molecular complexity index is 912. The maximum absolute atomic E-state index is 12.3. The highest BCUT2D eigenvalue weighted by molar-refractivity contribution is 6.04. The van der Waals surface area contributed by atoms with Gasteiger partial charge in [-0.2, -0.15) is 0 Å². The second-order valence-corrected chi connectivity index (χ2v) is 5.86. The molecule has 0 radical (unpaired) electrons. The van der Waals surface area contributed by atoms with Crippen molar-refractivity contribution in [2.75, 3.05) is 23.4 Å². The molecule has 1 aliphatic heterocycles. The van der Waals surface area contributed by atoms with E-state index in [4.69, 9.17) is 4.74 Å². The van der Waals surface area contributed by atoms with Crippen molar-refractivity contribution in [1.29, 1.82) is 0 Å². The van der Waals surface area contributed by atoms with E-state index >= 15 is 0 Å². The van der Waals surface area contributed by atoms with Gasteiger partial charge in [0.25, 0.3) is 11.7 Å². The third kappa shape index (κ3) is 3.46. The Morgan fingerprint density at radius 3 is 2.77 bits per heavy atom. The number of nitrogens with zero attached hydrogens (tertiary/aromatic N) is 3. The van der Waals surface area contributed by atoms with Gasteiger partial charge in [0, 0.05) is 11.8 Å². The van der Waals surface area contributed by atoms with Crippen molar-refractivity contribution < 1.29 is 19.2 Å². The number of pyridine rings is 1. The summed E-state index contributed by atoms with van der Waals surface area (Å²) in [5, 5.41) is 13.6. The molecule has 1 N–H and O–H groups in total. The number of ether oxygens (including phenoxy) is 1. The first-order valence-corrected chi connectivity index (χ1v) is 7.81. The second kappa shape index (κ2) is 6.79. The zero-order valence-electron chi connectivity index (χ0n) is 14.2. The summed E-state index contributed by atoms with van der Waals surface area (Å²) in [6.07, 6.45) is 0. The first-order valence-electron chi connectivity index (χ1n) is 7.81. The lowest BCUT2D eigenvalue weighted by atomic mass is 10.1. The van der Waals surface area contributed by atoms with Gasteiger partial charge in [-0.1, -0.05) is 6.07 Å². The van der Waals surface area contributed by atoms with Crippen molar-refractivity contribution in [3.63, 3.8) is 0 Å². The molecule has 0 saturated carbocycles. The van der Waals surface area contributed by atoms with E-state index in [9.17, 15) is 19.7 Å². The second-order valence-electron chi connectivity index (χ2n) is 5.86. The number of benzene rings is 1. The van der Waals surface area contributed by atoms with Crippen LogP contribution in [0.4, 0.5) is 17.3 Å². The van der Waals surface area contributed by atoms with Gasteiger partial charge in [-0.25, -0.2) is 0 Å². The highest BCUT2D eigenvalue weighted by Crippen LogP contribution is 2.31. The number of fused-ring (bicyclic) bond motifs is 1. The Hall–Kier alpha value is -3.49. The minimum absolute atomic E-state index is 0.0364. The summed E-state index contributed by atoms with van der Waals surface area (Å²) in [6, 6.07) is 8.01. The topological polar surface area (TPSA) is 115 Å². The molecule has 1 aromatic carbocycles. The van der Waals surface area contributed by atoms with E-state index in [1.54, 1.807) is 6.07 Å². The van der Waals surface area contributed by atoms with E-state index in [1.165, 1.54) is 12.1 Å². The van der Waals surface area contributed by atoms with Crippen molar-refractivity contribution in [2.45, 2.75) is 13.8 Å². The summed E-state index contributed by atoms with van der Waals surface area (Å²) in [7, 11) is 0. The number of nitro groups is 1. The van der Waals surface area contributed by atoms with Gasteiger partial charge >= 0.3 is 5.82 Å². The number of rotatable bonds is 4. The fourth-order valence-corrected chi connectivity index (χ4v) is 2.50. The average molecular weight is 356 g/mol. The Morgan fingerprint density at radius 2 is 2.08 bits per heavy atom. The van der Waals surface area contributed by atoms with Crippen molar-refractivity contribution in [3.8, 4) is 5.75 Å². The molecule has 9 heteroatoms. The summed E-state index contributed by atoms with van der Waals surface area (Å²) in [4.78, 5) is 39.6. The van der Waals surface area contributed by atoms with Gasteiger partial charge < -0.3 is 20.2 Å². The number of hydrogen-bond acceptors (Lipinski definition) is 6. The van der Waals surface area contributed by atoms with Gasteiger partial charge in [0.15, 0.2) is 12.4 Å². The highest BCUT2D eigenvalue weighted by atomic mass is 16.6. The quantitative estimate of drug-likeness (QED) is 0.661. The lowest BCUT2D eigenvalue weighted by Crippen LogP contribution is -2.44. The number of hydrogen-bond donors (Lipinski definition) is 1. The van der Waals surface area contributed by atoms with Crippen molar-refractivity contribution in [2.24, 2.45) is 0 Å². The molecule has 2 aromatic rings. The van der Waals surface area contributed by atoms with Crippen LogP contribution in [0.5, 0.6) is 5.75 Å². The smallest absolute Gasteiger partial charge is 0.366 e. The summed E-state index contributed by atoms with van der Waals surface area (Å²) < 4.78 is 5.22. The first kappa shape index (κ1) is 17.3. The van der Waals surface area contributed by atoms with Crippen LogP contribution in [0.1, 0.15) is 11.1 Å². The maximum Gasteiger partial charge on any atom is 0.366 e. The maximum atomic E-state index is 12.3. The van der Waals surface area contributed by atoms with Gasteiger partial charge in [-0.05, 0) is 53.1 Å². The fraction of sp³-hybridized carbons (Fsp3) is 0.235. The summed E-state index contributed by atoms with van der Waals surface area (Å²) >= 11 is 0. The third-order valence-corrected chi connectivity index (χ3v) is 4.01. The van der Waals surface area contributed by atoms with Gasteiger partial charge in [0.2, 0.25) is 5.91 Å². The molecule has 1 aliphatic rings. The van der Waals surface area contributed by atoms with E-state index < -0.39 is 22.6 Å². The molecule has 0 saturated heterocycles. The van der Waals surface area contributed by atoms with E-state index in [0.29, 0.717) is 5.69 Å². The Morgan fingerprint density at radius 1 is 1.31 bits per heavy atom. The third-order valence-electron chi connectivity index (χ3n) is 4.01. The number of amides is 2. The number of aryl methyl sites for hydroxylation is 2. The van der Waals surface area contributed by atoms with Crippen LogP contribution in [0, 0.1) is 24.0 Å². The average Bonchev–Trinajstić information content (AvgIpc) is 2.60. The molecule has 1 aromatic heterocycles. The van der Waals surface area contributed by atoms with E-state index in [-0.39, 0.29) is 24.7 Å². The zero-order valence-corrected chi connectivity index (χ0v) is 14.2. The summed E-state index contributed by atoms with van der Waals surface area (Å²) in [5.41, 5.74) is 2.72. The van der Waals surface area contributed by atoms with E-state index in [1.807, 2.05) is 26.0 Å². The van der Waals surface area contributed by atoms with Crippen molar-refractivity contribution >= 4 is 29.1 Å². The lowest BCUT2D eigenvalue weighted by Gasteiger charge is -2.24. The Labute approximate surface area is 148 Å². The number of carbonyl (C=O) groups is 2. The van der Waals surface area contributed by atoms with Crippen molar-refractivity contribution in [1.82, 2.24) is 4.98 Å². The lowest BCUT2D eigenvalue weighted by molar-refractivity contribution is -0.389. The molecule has 134 valence electrons. The molecule has 0 atom stereocenters. The van der Waals surface area contributed by atoms with Crippen LogP contribution >= 0.6 is 0 Å². The minimum Gasteiger partial charge on any atom is -0.477 e. The van der Waals surface area contributed by atoms with E-state index in [2.05, 4.69) is 10.3 Å². The summed E-state index contributed by atoms with van der Waals surface area (Å²) in [6.45, 7) is 3.30. The fourth-order valence-electron chi connectivity index (χ4n) is 2.50. The monoisotopic (exact) mass is 356 g/mol. The molecular formula is C17H16N4O5. The zero-order chi connectivity index (χ0) is 18.8. The standard InChI is InChI=1S/C17H16N4O5/c1-10-3-4-12(7-11(10)2)18-15(22)8-20-16(23)9-26-13-5-6-14(21(24)25)19-17(13)20/h3-7H,8-9H2,1-2H3,(H,18,22). The molecule has 0 unspecified atom stereocenters. The molecule has 0 fully saturated rings. The molecule has 0 spiro atoms. The number of nitrogens with one attached hydrogen (secondary N) is 1. The van der Waals surface area contributed by atoms with Crippen LogP contribution in [0.2, 0.25) is 0 Å². The predicted octanol–water partition coefficient (Wildman–Crippen LogP) is 1.97. The minimum atomic E-state index is -0.674. The van der Waals surface area contributed by atoms with Crippen LogP contribution in [0.25, 0.3) is 0 Å². The molecule has 9 nitrogen and oxygen atoms in total. The van der Waals surface area contributed by atoms with Crippen LogP contribution in [-0.4, -0.2) is 34.9 Å². The SMILES string of the molecule is Cc1ccc(NC(=O)CN2C(=O)COc3ccc([N+](=O)[O-])nc32)cc1C. The predicted molar refractivity (Wildman–Crippen MR) is 93.3 cm³/mol. The Kier molecular flexibility index (Phi) is 4.53.